The summed E-state index contributed by atoms with van der Waals surface area (Å²) >= 11 is 0. The largest absolute Gasteiger partial charge is 0.455 e. The predicted octanol–water partition coefficient (Wildman–Crippen LogP) is 5.81. The number of hydrogen-bond acceptors (Lipinski definition) is 6. The molecular formula is C29H42O6. The van der Waals surface area contributed by atoms with Crippen LogP contribution in [0.5, 0.6) is 0 Å². The fourth-order valence-electron chi connectivity index (χ4n) is 3.26. The minimum Gasteiger partial charge on any atom is -0.455 e. The maximum absolute atomic E-state index is 12.3. The van der Waals surface area contributed by atoms with E-state index in [-0.39, 0.29) is 0 Å². The second kappa shape index (κ2) is 14.0. The van der Waals surface area contributed by atoms with Crippen LogP contribution in [0, 0.1) is 5.92 Å². The monoisotopic (exact) mass is 486 g/mol. The van der Waals surface area contributed by atoms with Crippen molar-refractivity contribution in [2.45, 2.75) is 91.1 Å². The highest BCUT2D eigenvalue weighted by molar-refractivity contribution is 5.90. The van der Waals surface area contributed by atoms with Crippen molar-refractivity contribution in [3.05, 3.63) is 71.8 Å². The molecule has 3 atom stereocenters. The summed E-state index contributed by atoms with van der Waals surface area (Å²) in [4.78, 5) is 24.6. The van der Waals surface area contributed by atoms with Crippen LogP contribution in [0.2, 0.25) is 0 Å². The van der Waals surface area contributed by atoms with Crippen LogP contribution in [0.3, 0.4) is 0 Å². The first-order valence-corrected chi connectivity index (χ1v) is 12.2. The number of carbonyl (C=O) groups is 2. The molecule has 0 spiro atoms. The van der Waals surface area contributed by atoms with Crippen molar-refractivity contribution < 1.29 is 29.3 Å². The molecule has 0 aliphatic rings. The van der Waals surface area contributed by atoms with Gasteiger partial charge in [-0.05, 0) is 70.7 Å². The number of aliphatic hydroxyl groups is 2. The summed E-state index contributed by atoms with van der Waals surface area (Å²) in [5.41, 5.74) is -0.991. The van der Waals surface area contributed by atoms with Gasteiger partial charge in [-0.1, -0.05) is 63.6 Å². The minimum absolute atomic E-state index is 0.298. The zero-order chi connectivity index (χ0) is 26.6. The molecule has 35 heavy (non-hydrogen) atoms. The second-order valence-electron chi connectivity index (χ2n) is 10.00. The van der Waals surface area contributed by atoms with E-state index < -0.39 is 35.3 Å². The SMILES string of the molecule is CC(C)CC(OC(=O)c1ccccc1)C(C)OC(=O)c1ccccc1.CCCC(C)(O)C(C)(C)O. The Morgan fingerprint density at radius 3 is 1.57 bits per heavy atom. The van der Waals surface area contributed by atoms with Crippen LogP contribution in [0.25, 0.3) is 0 Å². The van der Waals surface area contributed by atoms with Crippen LogP contribution in [0.15, 0.2) is 60.7 Å². The Hall–Kier alpha value is -2.70. The summed E-state index contributed by atoms with van der Waals surface area (Å²) in [5.74, 6) is -0.530. The van der Waals surface area contributed by atoms with Gasteiger partial charge < -0.3 is 19.7 Å². The van der Waals surface area contributed by atoms with Crippen LogP contribution in [-0.4, -0.2) is 45.6 Å². The van der Waals surface area contributed by atoms with Crippen molar-refractivity contribution in [3.63, 3.8) is 0 Å². The molecule has 2 rings (SSSR count). The van der Waals surface area contributed by atoms with E-state index in [0.717, 1.165) is 6.42 Å². The van der Waals surface area contributed by atoms with Crippen molar-refractivity contribution >= 4 is 11.9 Å². The van der Waals surface area contributed by atoms with Crippen LogP contribution >= 0.6 is 0 Å². The molecule has 0 radical (unpaired) electrons. The van der Waals surface area contributed by atoms with Gasteiger partial charge in [0.1, 0.15) is 12.2 Å². The van der Waals surface area contributed by atoms with Crippen molar-refractivity contribution in [2.24, 2.45) is 5.92 Å². The molecule has 194 valence electrons. The van der Waals surface area contributed by atoms with E-state index in [1.165, 1.54) is 0 Å². The summed E-state index contributed by atoms with van der Waals surface area (Å²) in [5, 5.41) is 19.0. The normalized spacial score (nSPS) is 14.7. The van der Waals surface area contributed by atoms with E-state index in [0.29, 0.717) is 29.9 Å². The zero-order valence-electron chi connectivity index (χ0n) is 22.2. The smallest absolute Gasteiger partial charge is 0.338 e. The maximum Gasteiger partial charge on any atom is 0.338 e. The Balaban J connectivity index is 0.000000518. The van der Waals surface area contributed by atoms with Gasteiger partial charge in [-0.3, -0.25) is 0 Å². The first-order valence-electron chi connectivity index (χ1n) is 12.2. The molecule has 0 bridgehead atoms. The van der Waals surface area contributed by atoms with E-state index in [4.69, 9.17) is 9.47 Å². The van der Waals surface area contributed by atoms with Crippen LogP contribution in [-0.2, 0) is 9.47 Å². The molecule has 0 heterocycles. The van der Waals surface area contributed by atoms with Gasteiger partial charge in [0.15, 0.2) is 0 Å². The summed E-state index contributed by atoms with van der Waals surface area (Å²) < 4.78 is 11.1. The quantitative estimate of drug-likeness (QED) is 0.412. The highest BCUT2D eigenvalue weighted by Crippen LogP contribution is 2.25. The average molecular weight is 487 g/mol. The number of hydrogen-bond donors (Lipinski definition) is 2. The maximum atomic E-state index is 12.3. The minimum atomic E-state index is -0.997. The Kier molecular flexibility index (Phi) is 12.1. The topological polar surface area (TPSA) is 93.1 Å². The van der Waals surface area contributed by atoms with E-state index in [1.807, 2.05) is 32.9 Å². The fraction of sp³-hybridized carbons (Fsp3) is 0.517. The number of esters is 2. The van der Waals surface area contributed by atoms with Gasteiger partial charge in [-0.25, -0.2) is 9.59 Å². The highest BCUT2D eigenvalue weighted by atomic mass is 16.6. The van der Waals surface area contributed by atoms with Crippen LogP contribution in [0.1, 0.15) is 88.4 Å². The van der Waals surface area contributed by atoms with Gasteiger partial charge >= 0.3 is 11.9 Å². The van der Waals surface area contributed by atoms with Crippen molar-refractivity contribution in [3.8, 4) is 0 Å². The second-order valence-corrected chi connectivity index (χ2v) is 10.00. The molecule has 3 unspecified atom stereocenters. The Morgan fingerprint density at radius 1 is 0.800 bits per heavy atom. The van der Waals surface area contributed by atoms with Gasteiger partial charge in [-0.15, -0.1) is 0 Å². The molecule has 6 nitrogen and oxygen atoms in total. The molecule has 0 aromatic heterocycles. The lowest BCUT2D eigenvalue weighted by Crippen LogP contribution is -2.47. The molecule has 2 aromatic carbocycles. The lowest BCUT2D eigenvalue weighted by molar-refractivity contribution is -0.123. The molecule has 0 aliphatic heterocycles. The Labute approximate surface area is 210 Å². The molecule has 6 heteroatoms. The van der Waals surface area contributed by atoms with Crippen molar-refractivity contribution in [2.75, 3.05) is 0 Å². The van der Waals surface area contributed by atoms with Gasteiger partial charge in [0, 0.05) is 0 Å². The molecule has 2 aromatic rings. The highest BCUT2D eigenvalue weighted by Gasteiger charge is 2.36. The van der Waals surface area contributed by atoms with Gasteiger partial charge in [0.05, 0.1) is 22.3 Å². The number of benzene rings is 2. The zero-order valence-corrected chi connectivity index (χ0v) is 22.2. The molecule has 0 fully saturated rings. The van der Waals surface area contributed by atoms with Gasteiger partial charge in [0.2, 0.25) is 0 Å². The van der Waals surface area contributed by atoms with Crippen LogP contribution in [0.4, 0.5) is 0 Å². The lowest BCUT2D eigenvalue weighted by Gasteiger charge is -2.35. The van der Waals surface area contributed by atoms with E-state index in [9.17, 15) is 19.8 Å². The first-order chi connectivity index (χ1) is 16.3. The summed E-state index contributed by atoms with van der Waals surface area (Å²) in [6.45, 7) is 12.7. The Bertz CT molecular complexity index is 884. The van der Waals surface area contributed by atoms with Crippen molar-refractivity contribution in [1.29, 1.82) is 0 Å². The fourth-order valence-corrected chi connectivity index (χ4v) is 3.26. The number of rotatable bonds is 10. The van der Waals surface area contributed by atoms with Gasteiger partial charge in [0.25, 0.3) is 0 Å². The van der Waals surface area contributed by atoms with E-state index >= 15 is 0 Å². The van der Waals surface area contributed by atoms with E-state index in [1.54, 1.807) is 76.2 Å². The Morgan fingerprint density at radius 2 is 1.23 bits per heavy atom. The molecule has 0 saturated carbocycles. The first kappa shape index (κ1) is 30.3. The lowest BCUT2D eigenvalue weighted by atomic mass is 9.84. The summed E-state index contributed by atoms with van der Waals surface area (Å²) in [6.07, 6.45) is 1.10. The summed E-state index contributed by atoms with van der Waals surface area (Å²) in [6, 6.07) is 17.6. The molecule has 0 amide bonds. The van der Waals surface area contributed by atoms with E-state index in [2.05, 4.69) is 0 Å². The third-order valence-corrected chi connectivity index (χ3v) is 5.85. The third-order valence-electron chi connectivity index (χ3n) is 5.85. The predicted molar refractivity (Wildman–Crippen MR) is 138 cm³/mol. The number of ether oxygens (including phenoxy) is 2. The molecular weight excluding hydrogens is 444 g/mol. The standard InChI is InChI=1S/C21H24O4.C8H18O2/c1-15(2)14-19(25-21(23)18-12-8-5-9-13-18)16(3)24-20(22)17-10-6-4-7-11-17;1-5-6-8(4,10)7(2,3)9/h4-13,15-16,19H,14H2,1-3H3;9-10H,5-6H2,1-4H3. The van der Waals surface area contributed by atoms with Crippen molar-refractivity contribution in [1.82, 2.24) is 0 Å². The van der Waals surface area contributed by atoms with Gasteiger partial charge in [-0.2, -0.15) is 0 Å². The number of carbonyl (C=O) groups excluding carboxylic acids is 2. The summed E-state index contributed by atoms with van der Waals surface area (Å²) in [7, 11) is 0. The molecule has 0 aliphatic carbocycles. The molecule has 2 N–H and O–H groups in total. The average Bonchev–Trinajstić information content (AvgIpc) is 2.79. The molecule has 0 saturated heterocycles. The third kappa shape index (κ3) is 10.6. The van der Waals surface area contributed by atoms with Crippen LogP contribution < -0.4 is 0 Å².